The Morgan fingerprint density at radius 1 is 1.38 bits per heavy atom. The van der Waals surface area contributed by atoms with Crippen LogP contribution in [0.2, 0.25) is 0 Å². The summed E-state index contributed by atoms with van der Waals surface area (Å²) >= 11 is 0. The van der Waals surface area contributed by atoms with E-state index >= 15 is 0 Å². The molecule has 0 spiro atoms. The number of hydrogen-bond donors (Lipinski definition) is 1. The van der Waals surface area contributed by atoms with Crippen LogP contribution in [0.4, 0.5) is 4.39 Å². The van der Waals surface area contributed by atoms with Gasteiger partial charge >= 0.3 is 0 Å². The van der Waals surface area contributed by atoms with Crippen LogP contribution in [-0.4, -0.2) is 12.8 Å². The van der Waals surface area contributed by atoms with E-state index in [0.717, 1.165) is 19.3 Å². The molecule has 1 aromatic rings. The highest BCUT2D eigenvalue weighted by Gasteiger charge is 2.00. The fourth-order valence-electron chi connectivity index (χ4n) is 1.37. The first-order chi connectivity index (χ1) is 7.76. The third kappa shape index (κ3) is 4.29. The average molecular weight is 224 g/mol. The van der Waals surface area contributed by atoms with Crippen LogP contribution in [0.25, 0.3) is 0 Å². The first-order valence-corrected chi connectivity index (χ1v) is 5.43. The van der Waals surface area contributed by atoms with Gasteiger partial charge in [-0.25, -0.2) is 4.39 Å². The van der Waals surface area contributed by atoms with E-state index in [1.54, 1.807) is 6.07 Å². The number of ether oxygens (including phenoxy) is 1. The number of nitrogens with two attached hydrogens (primary N) is 1. The fourth-order valence-corrected chi connectivity index (χ4v) is 1.37. The molecule has 0 aliphatic heterocycles. The molecular formula is C12H17FN2O. The fraction of sp³-hybridized carbons (Fsp3) is 0.417. The standard InChI is InChI=1S/C12H17FN2O/c1-2-3-4-5-16-12-7-10(9-15-14)6-11(13)8-12/h6-9H,2-5,14H2,1H3. The summed E-state index contributed by atoms with van der Waals surface area (Å²) in [5, 5.41) is 3.35. The van der Waals surface area contributed by atoms with Crippen LogP contribution < -0.4 is 10.6 Å². The van der Waals surface area contributed by atoms with Crippen LogP contribution >= 0.6 is 0 Å². The van der Waals surface area contributed by atoms with Crippen molar-refractivity contribution in [3.63, 3.8) is 0 Å². The number of nitrogens with zero attached hydrogens (tertiary/aromatic N) is 1. The molecule has 0 atom stereocenters. The van der Waals surface area contributed by atoms with Crippen LogP contribution in [-0.2, 0) is 0 Å². The normalized spacial score (nSPS) is 10.9. The van der Waals surface area contributed by atoms with Crippen molar-refractivity contribution in [2.24, 2.45) is 10.9 Å². The van der Waals surface area contributed by atoms with Gasteiger partial charge in [-0.2, -0.15) is 5.10 Å². The molecule has 0 fully saturated rings. The van der Waals surface area contributed by atoms with Crippen LogP contribution in [0.1, 0.15) is 31.7 Å². The van der Waals surface area contributed by atoms with E-state index in [0.29, 0.717) is 17.9 Å². The molecule has 4 heteroatoms. The van der Waals surface area contributed by atoms with Gasteiger partial charge in [0, 0.05) is 11.6 Å². The number of rotatable bonds is 6. The van der Waals surface area contributed by atoms with E-state index < -0.39 is 0 Å². The number of benzene rings is 1. The quantitative estimate of drug-likeness (QED) is 0.349. The minimum absolute atomic E-state index is 0.345. The Morgan fingerprint density at radius 3 is 2.88 bits per heavy atom. The van der Waals surface area contributed by atoms with E-state index in [9.17, 15) is 4.39 Å². The Balaban J connectivity index is 2.58. The summed E-state index contributed by atoms with van der Waals surface area (Å²) in [5.41, 5.74) is 0.605. The van der Waals surface area contributed by atoms with E-state index in [4.69, 9.17) is 10.6 Å². The lowest BCUT2D eigenvalue weighted by Crippen LogP contribution is -1.98. The molecule has 0 amide bonds. The summed E-state index contributed by atoms with van der Waals surface area (Å²) in [6.07, 6.45) is 4.62. The Morgan fingerprint density at radius 2 is 2.19 bits per heavy atom. The molecule has 88 valence electrons. The third-order valence-corrected chi connectivity index (χ3v) is 2.13. The molecule has 0 aliphatic carbocycles. The van der Waals surface area contributed by atoms with Crippen molar-refractivity contribution in [2.45, 2.75) is 26.2 Å². The summed E-state index contributed by atoms with van der Waals surface area (Å²) in [5.74, 6) is 5.18. The Bertz CT molecular complexity index is 353. The molecule has 0 unspecified atom stereocenters. The first kappa shape index (κ1) is 12.5. The molecule has 0 saturated carbocycles. The minimum Gasteiger partial charge on any atom is -0.493 e. The van der Waals surface area contributed by atoms with Gasteiger partial charge in [-0.1, -0.05) is 19.8 Å². The Labute approximate surface area is 95.1 Å². The molecule has 3 nitrogen and oxygen atoms in total. The van der Waals surface area contributed by atoms with Crippen molar-refractivity contribution in [2.75, 3.05) is 6.61 Å². The van der Waals surface area contributed by atoms with Crippen LogP contribution in [0, 0.1) is 5.82 Å². The maximum atomic E-state index is 13.1. The topological polar surface area (TPSA) is 47.6 Å². The van der Waals surface area contributed by atoms with Gasteiger partial charge in [0.1, 0.15) is 11.6 Å². The molecule has 2 N–H and O–H groups in total. The molecule has 0 heterocycles. The van der Waals surface area contributed by atoms with Crippen molar-refractivity contribution >= 4 is 6.21 Å². The number of hydrogen-bond acceptors (Lipinski definition) is 3. The van der Waals surface area contributed by atoms with Gasteiger partial charge in [0.15, 0.2) is 0 Å². The largest absolute Gasteiger partial charge is 0.493 e. The number of hydrazone groups is 1. The molecule has 1 aromatic carbocycles. The summed E-state index contributed by atoms with van der Waals surface area (Å²) < 4.78 is 18.6. The second-order valence-electron chi connectivity index (χ2n) is 3.55. The first-order valence-electron chi connectivity index (χ1n) is 5.43. The highest BCUT2D eigenvalue weighted by Crippen LogP contribution is 2.15. The zero-order chi connectivity index (χ0) is 11.8. The van der Waals surface area contributed by atoms with Gasteiger partial charge in [0.25, 0.3) is 0 Å². The van der Waals surface area contributed by atoms with E-state index in [2.05, 4.69) is 12.0 Å². The molecule has 1 rings (SSSR count). The van der Waals surface area contributed by atoms with E-state index in [1.807, 2.05) is 0 Å². The van der Waals surface area contributed by atoms with Gasteiger partial charge in [-0.3, -0.25) is 0 Å². The molecule has 0 aromatic heterocycles. The second-order valence-corrected chi connectivity index (χ2v) is 3.55. The monoisotopic (exact) mass is 224 g/mol. The summed E-state index contributed by atoms with van der Waals surface area (Å²) in [4.78, 5) is 0. The lowest BCUT2D eigenvalue weighted by Gasteiger charge is -2.06. The summed E-state index contributed by atoms with van der Waals surface area (Å²) in [6, 6.07) is 4.43. The summed E-state index contributed by atoms with van der Waals surface area (Å²) in [7, 11) is 0. The van der Waals surface area contributed by atoms with Crippen molar-refractivity contribution in [3.8, 4) is 5.75 Å². The van der Waals surface area contributed by atoms with Crippen LogP contribution in [0.15, 0.2) is 23.3 Å². The van der Waals surface area contributed by atoms with Gasteiger partial charge < -0.3 is 10.6 Å². The maximum Gasteiger partial charge on any atom is 0.127 e. The van der Waals surface area contributed by atoms with Crippen molar-refractivity contribution in [1.82, 2.24) is 0 Å². The Hall–Kier alpha value is -1.58. The third-order valence-electron chi connectivity index (χ3n) is 2.13. The maximum absolute atomic E-state index is 13.1. The average Bonchev–Trinajstić information content (AvgIpc) is 2.24. The molecule has 0 aliphatic rings. The molecule has 0 saturated heterocycles. The van der Waals surface area contributed by atoms with Crippen molar-refractivity contribution < 1.29 is 9.13 Å². The van der Waals surface area contributed by atoms with Crippen LogP contribution in [0.3, 0.4) is 0 Å². The minimum atomic E-state index is -0.345. The Kier molecular flexibility index (Phi) is 5.32. The van der Waals surface area contributed by atoms with Crippen molar-refractivity contribution in [1.29, 1.82) is 0 Å². The highest BCUT2D eigenvalue weighted by molar-refractivity contribution is 5.79. The number of halogens is 1. The van der Waals surface area contributed by atoms with Gasteiger partial charge in [0.05, 0.1) is 12.8 Å². The van der Waals surface area contributed by atoms with Crippen molar-refractivity contribution in [3.05, 3.63) is 29.6 Å². The zero-order valence-corrected chi connectivity index (χ0v) is 9.45. The summed E-state index contributed by atoms with van der Waals surface area (Å²) in [6.45, 7) is 2.73. The van der Waals surface area contributed by atoms with Crippen LogP contribution in [0.5, 0.6) is 5.75 Å². The molecule has 0 bridgehead atoms. The number of unbranched alkanes of at least 4 members (excludes halogenated alkanes) is 2. The van der Waals surface area contributed by atoms with Gasteiger partial charge in [-0.15, -0.1) is 0 Å². The predicted molar refractivity (Wildman–Crippen MR) is 63.2 cm³/mol. The SMILES string of the molecule is CCCCCOc1cc(F)cc(C=NN)c1. The van der Waals surface area contributed by atoms with Gasteiger partial charge in [-0.05, 0) is 18.6 Å². The second kappa shape index (κ2) is 6.82. The lowest BCUT2D eigenvalue weighted by atomic mass is 10.2. The highest BCUT2D eigenvalue weighted by atomic mass is 19.1. The molecule has 16 heavy (non-hydrogen) atoms. The lowest BCUT2D eigenvalue weighted by molar-refractivity contribution is 0.305. The smallest absolute Gasteiger partial charge is 0.127 e. The zero-order valence-electron chi connectivity index (χ0n) is 9.45. The molecule has 0 radical (unpaired) electrons. The van der Waals surface area contributed by atoms with Gasteiger partial charge in [0.2, 0.25) is 0 Å². The van der Waals surface area contributed by atoms with E-state index in [1.165, 1.54) is 18.3 Å². The predicted octanol–water partition coefficient (Wildman–Crippen LogP) is 2.69. The molecular weight excluding hydrogens is 207 g/mol. The van der Waals surface area contributed by atoms with E-state index in [-0.39, 0.29) is 5.82 Å².